The molecule has 1 amide bonds. The first kappa shape index (κ1) is 22.7. The number of carbonyl (C=O) groups is 1. The lowest BCUT2D eigenvalue weighted by molar-refractivity contribution is -0.130. The van der Waals surface area contributed by atoms with Crippen molar-refractivity contribution in [3.63, 3.8) is 0 Å². The molecule has 7 heteroatoms. The first-order valence-corrected chi connectivity index (χ1v) is 12.1. The molecule has 2 aliphatic rings. The number of anilines is 2. The van der Waals surface area contributed by atoms with E-state index in [1.807, 2.05) is 43.0 Å². The average molecular weight is 492 g/mol. The van der Waals surface area contributed by atoms with Gasteiger partial charge in [-0.05, 0) is 80.5 Å². The van der Waals surface area contributed by atoms with Crippen LogP contribution in [0.3, 0.4) is 0 Å². The van der Waals surface area contributed by atoms with Gasteiger partial charge in [0.05, 0.1) is 6.04 Å². The van der Waals surface area contributed by atoms with Gasteiger partial charge in [-0.1, -0.05) is 48.4 Å². The number of fused-ring (bicyclic) bond motifs is 4. The van der Waals surface area contributed by atoms with Gasteiger partial charge in [0, 0.05) is 22.0 Å². The molecule has 0 radical (unpaired) electrons. The van der Waals surface area contributed by atoms with Gasteiger partial charge in [-0.25, -0.2) is 0 Å². The van der Waals surface area contributed by atoms with Gasteiger partial charge in [0.1, 0.15) is 11.7 Å². The number of amides is 1. The molecular formula is C27H26ClN3O2S. The molecule has 0 spiro atoms. The molecule has 34 heavy (non-hydrogen) atoms. The lowest BCUT2D eigenvalue weighted by atomic mass is 9.78. The molecule has 0 aromatic heterocycles. The zero-order valence-corrected chi connectivity index (χ0v) is 20.8. The van der Waals surface area contributed by atoms with Crippen LogP contribution in [0, 0.1) is 12.8 Å². The number of ether oxygens (including phenoxy) is 1. The molecule has 3 aromatic carbocycles. The predicted octanol–water partition coefficient (Wildman–Crippen LogP) is 6.01. The van der Waals surface area contributed by atoms with Crippen molar-refractivity contribution in [1.29, 1.82) is 0 Å². The Morgan fingerprint density at radius 3 is 2.53 bits per heavy atom. The third-order valence-electron chi connectivity index (χ3n) is 6.65. The summed E-state index contributed by atoms with van der Waals surface area (Å²) in [7, 11) is 0. The maximum absolute atomic E-state index is 13.8. The fraction of sp³-hybridized carbons (Fsp3) is 0.259. The number of hydrogen-bond acceptors (Lipinski definition) is 3. The third kappa shape index (κ3) is 3.81. The molecule has 5 nitrogen and oxygen atoms in total. The van der Waals surface area contributed by atoms with Crippen molar-refractivity contribution < 1.29 is 9.53 Å². The minimum absolute atomic E-state index is 0.160. The predicted molar refractivity (Wildman–Crippen MR) is 141 cm³/mol. The van der Waals surface area contributed by atoms with E-state index in [9.17, 15) is 4.79 Å². The molecule has 2 heterocycles. The third-order valence-corrected chi connectivity index (χ3v) is 7.20. The van der Waals surface area contributed by atoms with Gasteiger partial charge in [0.25, 0.3) is 0 Å². The van der Waals surface area contributed by atoms with E-state index in [0.717, 1.165) is 29.0 Å². The molecule has 1 fully saturated rings. The molecule has 2 aliphatic heterocycles. The van der Waals surface area contributed by atoms with Gasteiger partial charge in [-0.2, -0.15) is 0 Å². The Kier molecular flexibility index (Phi) is 5.74. The highest BCUT2D eigenvalue weighted by molar-refractivity contribution is 7.80. The molecule has 0 saturated carbocycles. The standard InChI is InChI=1S/C27H26ClN3O2S/c1-4-17-6-12-20(13-7-17)31-26(34)30-24-21-15-16(2)5-14-22(21)33-27(31,3)23(24)25(32)29-19-10-8-18(28)9-11-19/h5-15,23-24H,4H2,1-3H3,(H,29,32)(H,30,34)/t23-,24+,27-/m0/s1. The number of benzene rings is 3. The second kappa shape index (κ2) is 8.60. The largest absolute Gasteiger partial charge is 0.467 e. The van der Waals surface area contributed by atoms with Gasteiger partial charge < -0.3 is 15.4 Å². The molecule has 5 rings (SSSR count). The van der Waals surface area contributed by atoms with Crippen LogP contribution in [0.1, 0.15) is 36.6 Å². The SMILES string of the molecule is CCc1ccc(N2C(=S)N[C@@H]3c4cc(C)ccc4O[C@@]2(C)[C@@H]3C(=O)Nc2ccc(Cl)cc2)cc1. The van der Waals surface area contributed by atoms with Gasteiger partial charge >= 0.3 is 0 Å². The Hall–Kier alpha value is -3.09. The smallest absolute Gasteiger partial charge is 0.236 e. The highest BCUT2D eigenvalue weighted by Gasteiger charge is 2.59. The summed E-state index contributed by atoms with van der Waals surface area (Å²) < 4.78 is 6.65. The number of carbonyl (C=O) groups excluding carboxylic acids is 1. The van der Waals surface area contributed by atoms with Crippen molar-refractivity contribution in [3.05, 3.63) is 88.4 Å². The average Bonchev–Trinajstić information content (AvgIpc) is 2.81. The van der Waals surface area contributed by atoms with E-state index in [0.29, 0.717) is 15.8 Å². The van der Waals surface area contributed by atoms with Crippen LogP contribution in [0.15, 0.2) is 66.7 Å². The second-order valence-electron chi connectivity index (χ2n) is 8.95. The number of aryl methyl sites for hydroxylation is 2. The first-order chi connectivity index (χ1) is 16.3. The topological polar surface area (TPSA) is 53.6 Å². The number of hydrogen-bond donors (Lipinski definition) is 2. The fourth-order valence-electron chi connectivity index (χ4n) is 4.93. The first-order valence-electron chi connectivity index (χ1n) is 11.4. The van der Waals surface area contributed by atoms with Crippen molar-refractivity contribution in [3.8, 4) is 5.75 Å². The summed E-state index contributed by atoms with van der Waals surface area (Å²) in [5.41, 5.74) is 3.75. The zero-order chi connectivity index (χ0) is 24.0. The summed E-state index contributed by atoms with van der Waals surface area (Å²) >= 11 is 11.9. The molecule has 3 atom stereocenters. The van der Waals surface area contributed by atoms with Crippen LogP contribution in [0.4, 0.5) is 11.4 Å². The number of halogens is 1. The van der Waals surface area contributed by atoms with Crippen LogP contribution in [0.5, 0.6) is 5.75 Å². The van der Waals surface area contributed by atoms with E-state index >= 15 is 0 Å². The van der Waals surface area contributed by atoms with Gasteiger partial charge in [-0.3, -0.25) is 9.69 Å². The van der Waals surface area contributed by atoms with E-state index in [4.69, 9.17) is 28.6 Å². The Morgan fingerprint density at radius 2 is 1.85 bits per heavy atom. The summed E-state index contributed by atoms with van der Waals surface area (Å²) in [4.78, 5) is 15.7. The lowest BCUT2D eigenvalue weighted by Gasteiger charge is -2.56. The number of thiocarbonyl (C=S) groups is 1. The fourth-order valence-corrected chi connectivity index (χ4v) is 5.47. The summed E-state index contributed by atoms with van der Waals surface area (Å²) in [6, 6.07) is 21.0. The quantitative estimate of drug-likeness (QED) is 0.438. The monoisotopic (exact) mass is 491 g/mol. The van der Waals surface area contributed by atoms with Crippen LogP contribution in [-0.2, 0) is 11.2 Å². The van der Waals surface area contributed by atoms with Crippen LogP contribution in [0.25, 0.3) is 0 Å². The molecule has 0 unspecified atom stereocenters. The summed E-state index contributed by atoms with van der Waals surface area (Å²) in [6.45, 7) is 6.09. The molecule has 174 valence electrons. The molecule has 0 aliphatic carbocycles. The van der Waals surface area contributed by atoms with E-state index in [-0.39, 0.29) is 11.9 Å². The van der Waals surface area contributed by atoms with Crippen molar-refractivity contribution in [2.24, 2.45) is 5.92 Å². The van der Waals surface area contributed by atoms with Crippen LogP contribution < -0.4 is 20.3 Å². The van der Waals surface area contributed by atoms with Gasteiger partial charge in [0.2, 0.25) is 5.91 Å². The molecule has 3 aromatic rings. The van der Waals surface area contributed by atoms with Gasteiger partial charge in [-0.15, -0.1) is 0 Å². The Labute approximate surface area is 210 Å². The number of nitrogens with zero attached hydrogens (tertiary/aromatic N) is 1. The van der Waals surface area contributed by atoms with E-state index < -0.39 is 11.6 Å². The maximum Gasteiger partial charge on any atom is 0.236 e. The highest BCUT2D eigenvalue weighted by Crippen LogP contribution is 2.50. The van der Waals surface area contributed by atoms with Crippen molar-refractivity contribution in [1.82, 2.24) is 5.32 Å². The molecular weight excluding hydrogens is 466 g/mol. The van der Waals surface area contributed by atoms with Gasteiger partial charge in [0.15, 0.2) is 10.8 Å². The maximum atomic E-state index is 13.8. The second-order valence-corrected chi connectivity index (χ2v) is 9.78. The zero-order valence-electron chi connectivity index (χ0n) is 19.3. The van der Waals surface area contributed by atoms with E-state index in [2.05, 4.69) is 35.8 Å². The highest BCUT2D eigenvalue weighted by atomic mass is 35.5. The Balaban J connectivity index is 1.60. The van der Waals surface area contributed by atoms with E-state index in [1.54, 1.807) is 24.3 Å². The normalized spacial score (nSPS) is 22.9. The summed E-state index contributed by atoms with van der Waals surface area (Å²) in [5, 5.41) is 7.65. The minimum atomic E-state index is -1.04. The molecule has 1 saturated heterocycles. The van der Waals surface area contributed by atoms with Crippen LogP contribution >= 0.6 is 23.8 Å². The number of rotatable bonds is 4. The lowest BCUT2D eigenvalue weighted by Crippen LogP contribution is -2.72. The summed E-state index contributed by atoms with van der Waals surface area (Å²) in [6.07, 6.45) is 0.942. The van der Waals surface area contributed by atoms with Crippen LogP contribution in [0.2, 0.25) is 5.02 Å². The van der Waals surface area contributed by atoms with Crippen molar-refractivity contribution >= 4 is 46.2 Å². The molecule has 2 N–H and O–H groups in total. The minimum Gasteiger partial charge on any atom is -0.467 e. The van der Waals surface area contributed by atoms with Crippen molar-refractivity contribution in [2.45, 2.75) is 39.0 Å². The van der Waals surface area contributed by atoms with E-state index in [1.165, 1.54) is 5.56 Å². The summed E-state index contributed by atoms with van der Waals surface area (Å²) in [5.74, 6) is 0.000933. The Bertz CT molecular complexity index is 1260. The Morgan fingerprint density at radius 1 is 1.15 bits per heavy atom. The molecule has 2 bridgehead atoms. The van der Waals surface area contributed by atoms with Crippen molar-refractivity contribution in [2.75, 3.05) is 10.2 Å². The number of nitrogens with one attached hydrogen (secondary N) is 2. The van der Waals surface area contributed by atoms with Crippen LogP contribution in [-0.4, -0.2) is 16.7 Å².